The van der Waals surface area contributed by atoms with Gasteiger partial charge in [0, 0.05) is 6.54 Å². The van der Waals surface area contributed by atoms with E-state index in [9.17, 15) is 9.90 Å². The molecule has 0 saturated heterocycles. The van der Waals surface area contributed by atoms with Crippen molar-refractivity contribution in [2.45, 2.75) is 26.0 Å². The molecule has 1 atom stereocenters. The van der Waals surface area contributed by atoms with E-state index in [1.165, 1.54) is 11.1 Å². The molecule has 2 aromatic rings. The quantitative estimate of drug-likeness (QED) is 0.750. The van der Waals surface area contributed by atoms with Crippen LogP contribution < -0.4 is 5.32 Å². The molecule has 8 nitrogen and oxygen atoms in total. The van der Waals surface area contributed by atoms with Crippen LogP contribution in [0.2, 0.25) is 0 Å². The number of carbonyl (C=O) groups is 1. The summed E-state index contributed by atoms with van der Waals surface area (Å²) in [4.78, 5) is 12.7. The van der Waals surface area contributed by atoms with E-state index in [0.717, 1.165) is 0 Å². The number of hydrogen-bond donors (Lipinski definition) is 2. The van der Waals surface area contributed by atoms with Crippen molar-refractivity contribution in [2.24, 2.45) is 0 Å². The fourth-order valence-corrected chi connectivity index (χ4v) is 1.37. The lowest BCUT2D eigenvalue weighted by atomic mass is 10.3. The number of carbonyl (C=O) groups excluding carboxylic acids is 1. The molecule has 0 bridgehead atoms. The smallest absolute Gasteiger partial charge is 0.243 e. The van der Waals surface area contributed by atoms with Crippen molar-refractivity contribution in [1.82, 2.24) is 25.5 Å². The van der Waals surface area contributed by atoms with Gasteiger partial charge in [-0.2, -0.15) is 4.80 Å². The summed E-state index contributed by atoms with van der Waals surface area (Å²) in [7, 11) is 0. The minimum absolute atomic E-state index is 0.0514. The molecule has 2 aromatic heterocycles. The SMILES string of the molecule is CCC(O)CNC(=O)Cn1nnc(-c2ccco2)n1. The normalized spacial score (nSPS) is 12.3. The van der Waals surface area contributed by atoms with E-state index in [-0.39, 0.29) is 19.0 Å². The predicted molar refractivity (Wildman–Crippen MR) is 64.8 cm³/mol. The Balaban J connectivity index is 1.88. The van der Waals surface area contributed by atoms with Gasteiger partial charge in [-0.15, -0.1) is 10.2 Å². The van der Waals surface area contributed by atoms with Crippen molar-refractivity contribution in [3.8, 4) is 11.6 Å². The first-order valence-electron chi connectivity index (χ1n) is 5.95. The number of hydrogen-bond acceptors (Lipinski definition) is 6. The van der Waals surface area contributed by atoms with Crippen LogP contribution in [0.3, 0.4) is 0 Å². The number of aliphatic hydroxyl groups is 1. The number of furan rings is 1. The summed E-state index contributed by atoms with van der Waals surface area (Å²) in [5.74, 6) is 0.537. The van der Waals surface area contributed by atoms with Crippen LogP contribution in [0.15, 0.2) is 22.8 Å². The summed E-state index contributed by atoms with van der Waals surface area (Å²) >= 11 is 0. The van der Waals surface area contributed by atoms with Crippen LogP contribution in [-0.2, 0) is 11.3 Å². The largest absolute Gasteiger partial charge is 0.461 e. The van der Waals surface area contributed by atoms with Crippen LogP contribution >= 0.6 is 0 Å². The minimum atomic E-state index is -0.536. The van der Waals surface area contributed by atoms with Crippen LogP contribution in [0.1, 0.15) is 13.3 Å². The van der Waals surface area contributed by atoms with E-state index in [2.05, 4.69) is 20.7 Å². The first kappa shape index (κ1) is 13.2. The Morgan fingerprint density at radius 1 is 1.63 bits per heavy atom. The van der Waals surface area contributed by atoms with Gasteiger partial charge in [0.05, 0.1) is 12.4 Å². The Labute approximate surface area is 109 Å². The van der Waals surface area contributed by atoms with Crippen molar-refractivity contribution in [3.63, 3.8) is 0 Å². The van der Waals surface area contributed by atoms with Crippen molar-refractivity contribution in [1.29, 1.82) is 0 Å². The summed E-state index contributed by atoms with van der Waals surface area (Å²) in [6.45, 7) is 2.00. The number of nitrogens with zero attached hydrogens (tertiary/aromatic N) is 4. The summed E-state index contributed by atoms with van der Waals surface area (Å²) in [6, 6.07) is 3.42. The molecule has 19 heavy (non-hydrogen) atoms. The van der Waals surface area contributed by atoms with Crippen LogP contribution in [0.5, 0.6) is 0 Å². The summed E-state index contributed by atoms with van der Waals surface area (Å²) in [5, 5.41) is 23.5. The van der Waals surface area contributed by atoms with E-state index in [0.29, 0.717) is 18.0 Å². The topological polar surface area (TPSA) is 106 Å². The third-order valence-electron chi connectivity index (χ3n) is 2.49. The van der Waals surface area contributed by atoms with Crippen molar-refractivity contribution < 1.29 is 14.3 Å². The van der Waals surface area contributed by atoms with E-state index in [4.69, 9.17) is 4.42 Å². The summed E-state index contributed by atoms with van der Waals surface area (Å²) in [5.41, 5.74) is 0. The maximum absolute atomic E-state index is 11.6. The van der Waals surface area contributed by atoms with Gasteiger partial charge in [0.2, 0.25) is 11.7 Å². The molecule has 0 fully saturated rings. The molecular weight excluding hydrogens is 250 g/mol. The summed E-state index contributed by atoms with van der Waals surface area (Å²) in [6.07, 6.45) is 1.56. The maximum Gasteiger partial charge on any atom is 0.243 e. The van der Waals surface area contributed by atoms with Gasteiger partial charge in [-0.1, -0.05) is 6.92 Å². The first-order chi connectivity index (χ1) is 9.19. The average molecular weight is 265 g/mol. The van der Waals surface area contributed by atoms with E-state index in [1.807, 2.05) is 6.92 Å². The molecule has 0 saturated carbocycles. The molecule has 0 aliphatic carbocycles. The Morgan fingerprint density at radius 2 is 2.47 bits per heavy atom. The Hall–Kier alpha value is -2.22. The molecule has 1 unspecified atom stereocenters. The lowest BCUT2D eigenvalue weighted by Gasteiger charge is -2.08. The second kappa shape index (κ2) is 6.10. The monoisotopic (exact) mass is 265 g/mol. The molecular formula is C11H15N5O3. The third kappa shape index (κ3) is 3.62. The Morgan fingerprint density at radius 3 is 3.16 bits per heavy atom. The second-order valence-corrected chi connectivity index (χ2v) is 3.99. The number of tetrazole rings is 1. The molecule has 0 radical (unpaired) electrons. The fraction of sp³-hybridized carbons (Fsp3) is 0.455. The van der Waals surface area contributed by atoms with Crippen LogP contribution in [0, 0.1) is 0 Å². The highest BCUT2D eigenvalue weighted by atomic mass is 16.3. The van der Waals surface area contributed by atoms with Crippen molar-refractivity contribution in [2.75, 3.05) is 6.54 Å². The van der Waals surface area contributed by atoms with Gasteiger partial charge < -0.3 is 14.8 Å². The first-order valence-corrected chi connectivity index (χ1v) is 5.95. The molecule has 2 heterocycles. The van der Waals surface area contributed by atoms with Crippen LogP contribution in [0.25, 0.3) is 11.6 Å². The molecule has 0 aromatic carbocycles. The zero-order valence-electron chi connectivity index (χ0n) is 10.5. The minimum Gasteiger partial charge on any atom is -0.461 e. The Kier molecular flexibility index (Phi) is 4.24. The highest BCUT2D eigenvalue weighted by molar-refractivity contribution is 5.75. The van der Waals surface area contributed by atoms with E-state index < -0.39 is 6.10 Å². The lowest BCUT2D eigenvalue weighted by molar-refractivity contribution is -0.122. The van der Waals surface area contributed by atoms with Gasteiger partial charge in [0.15, 0.2) is 5.76 Å². The average Bonchev–Trinajstić information content (AvgIpc) is 3.06. The number of rotatable bonds is 6. The molecule has 2 N–H and O–H groups in total. The molecule has 0 spiro atoms. The van der Waals surface area contributed by atoms with E-state index >= 15 is 0 Å². The second-order valence-electron chi connectivity index (χ2n) is 3.99. The van der Waals surface area contributed by atoms with E-state index in [1.54, 1.807) is 12.1 Å². The maximum atomic E-state index is 11.6. The molecule has 0 aliphatic rings. The zero-order chi connectivity index (χ0) is 13.7. The standard InChI is InChI=1S/C11H15N5O3/c1-2-8(17)6-12-10(18)7-16-14-11(13-15-16)9-4-3-5-19-9/h3-5,8,17H,2,6-7H2,1H3,(H,12,18). The van der Waals surface area contributed by atoms with Gasteiger partial charge >= 0.3 is 0 Å². The number of nitrogens with one attached hydrogen (secondary N) is 1. The highest BCUT2D eigenvalue weighted by Gasteiger charge is 2.11. The fourth-order valence-electron chi connectivity index (χ4n) is 1.37. The Bertz CT molecular complexity index is 522. The molecule has 8 heteroatoms. The highest BCUT2D eigenvalue weighted by Crippen LogP contribution is 2.12. The molecule has 2 rings (SSSR count). The van der Waals surface area contributed by atoms with Gasteiger partial charge in [-0.05, 0) is 23.8 Å². The number of aromatic nitrogens is 4. The van der Waals surface area contributed by atoms with Crippen LogP contribution in [0.4, 0.5) is 0 Å². The van der Waals surface area contributed by atoms with Crippen LogP contribution in [-0.4, -0.2) is 43.9 Å². The predicted octanol–water partition coefficient (Wildman–Crippen LogP) is -0.180. The van der Waals surface area contributed by atoms with Crippen molar-refractivity contribution in [3.05, 3.63) is 18.4 Å². The summed E-state index contributed by atoms with van der Waals surface area (Å²) < 4.78 is 5.12. The van der Waals surface area contributed by atoms with Gasteiger partial charge in [0.25, 0.3) is 0 Å². The van der Waals surface area contributed by atoms with Crippen molar-refractivity contribution >= 4 is 5.91 Å². The zero-order valence-corrected chi connectivity index (χ0v) is 10.5. The number of amides is 1. The lowest BCUT2D eigenvalue weighted by Crippen LogP contribution is -2.34. The number of aliphatic hydroxyl groups excluding tert-OH is 1. The van der Waals surface area contributed by atoms with Gasteiger partial charge in [-0.25, -0.2) is 0 Å². The molecule has 0 aliphatic heterocycles. The van der Waals surface area contributed by atoms with Gasteiger partial charge in [0.1, 0.15) is 6.54 Å². The van der Waals surface area contributed by atoms with Gasteiger partial charge in [-0.3, -0.25) is 4.79 Å². The molecule has 102 valence electrons. The molecule has 1 amide bonds. The third-order valence-corrected chi connectivity index (χ3v) is 2.49.